The van der Waals surface area contributed by atoms with Gasteiger partial charge in [-0.1, -0.05) is 0 Å². The predicted molar refractivity (Wildman–Crippen MR) is 44.6 cm³/mol. The molecular weight excluding hydrogens is 180 g/mol. The summed E-state index contributed by atoms with van der Waals surface area (Å²) in [5.41, 5.74) is 0.444. The second-order valence-electron chi connectivity index (χ2n) is 2.20. The number of hydrogen-bond donors (Lipinski definition) is 1. The summed E-state index contributed by atoms with van der Waals surface area (Å²) in [6, 6.07) is 0. The van der Waals surface area contributed by atoms with Gasteiger partial charge in [0.05, 0.1) is 0 Å². The van der Waals surface area contributed by atoms with Crippen LogP contribution in [0.2, 0.25) is 0 Å². The van der Waals surface area contributed by atoms with Crippen molar-refractivity contribution in [2.75, 3.05) is 0 Å². The van der Waals surface area contributed by atoms with Crippen LogP contribution in [0, 0.1) is 0 Å². The molecule has 0 bridgehead atoms. The minimum absolute atomic E-state index is 0.305. The highest BCUT2D eigenvalue weighted by Crippen LogP contribution is 2.15. The van der Waals surface area contributed by atoms with E-state index in [0.29, 0.717) is 11.5 Å². The molecule has 0 atom stereocenters. The van der Waals surface area contributed by atoms with Crippen LogP contribution in [0.25, 0.3) is 0 Å². The van der Waals surface area contributed by atoms with Crippen molar-refractivity contribution in [1.29, 1.82) is 0 Å². The maximum absolute atomic E-state index is 10.7. The molecule has 2 rings (SSSR count). The van der Waals surface area contributed by atoms with Crippen LogP contribution in [0.4, 0.5) is 0 Å². The molecule has 6 nitrogen and oxygen atoms in total. The smallest absolute Gasteiger partial charge is 0.235 e. The van der Waals surface area contributed by atoms with Gasteiger partial charge in [0.2, 0.25) is 0 Å². The molecule has 2 N–H and O–H groups in total. The molecule has 12 heavy (non-hydrogen) atoms. The van der Waals surface area contributed by atoms with Crippen LogP contribution >= 0.6 is 0 Å². The summed E-state index contributed by atoms with van der Waals surface area (Å²) < 4.78 is 21.5. The summed E-state index contributed by atoms with van der Waals surface area (Å²) >= 11 is 0. The van der Waals surface area contributed by atoms with Crippen molar-refractivity contribution in [2.24, 2.45) is 20.1 Å². The Balaban J connectivity index is 2.51. The normalized spacial score (nSPS) is 20.2. The van der Waals surface area contributed by atoms with E-state index in [4.69, 9.17) is 5.14 Å². The van der Waals surface area contributed by atoms with E-state index in [1.807, 2.05) is 0 Å². The van der Waals surface area contributed by atoms with Crippen LogP contribution in [-0.4, -0.2) is 25.6 Å². The average molecular weight is 184 g/mol. The molecule has 2 aliphatic heterocycles. The zero-order valence-electron chi connectivity index (χ0n) is 5.80. The lowest BCUT2D eigenvalue weighted by Crippen LogP contribution is -2.20. The number of aliphatic imine (C=N–C) groups is 3. The van der Waals surface area contributed by atoms with Gasteiger partial charge in [0.25, 0.3) is 15.2 Å². The van der Waals surface area contributed by atoms with Gasteiger partial charge in [-0.15, -0.1) is 0 Å². The van der Waals surface area contributed by atoms with E-state index in [0.717, 1.165) is 0 Å². The van der Waals surface area contributed by atoms with Gasteiger partial charge in [-0.25, -0.2) is 23.5 Å². The fraction of sp³-hybridized carbons (Fsp3) is 0. The van der Waals surface area contributed by atoms with Gasteiger partial charge in [-0.05, 0) is 6.08 Å². The van der Waals surface area contributed by atoms with Gasteiger partial charge in [0.1, 0.15) is 5.70 Å². The number of hydrogen-bond acceptors (Lipinski definition) is 5. The molecule has 0 spiro atoms. The van der Waals surface area contributed by atoms with E-state index in [1.165, 1.54) is 6.21 Å². The number of allylic oxidation sites excluding steroid dienone is 1. The lowest BCUT2D eigenvalue weighted by Gasteiger charge is -1.88. The lowest BCUT2D eigenvalue weighted by molar-refractivity contribution is 0.608. The zero-order valence-corrected chi connectivity index (χ0v) is 6.61. The highest BCUT2D eigenvalue weighted by atomic mass is 32.2. The summed E-state index contributed by atoms with van der Waals surface area (Å²) in [4.78, 5) is 11.0. The van der Waals surface area contributed by atoms with E-state index in [1.54, 1.807) is 6.08 Å². The van der Waals surface area contributed by atoms with E-state index >= 15 is 0 Å². The molecule has 0 unspecified atom stereocenters. The van der Waals surface area contributed by atoms with Crippen LogP contribution in [0.5, 0.6) is 0 Å². The molecule has 2 heterocycles. The van der Waals surface area contributed by atoms with Crippen LogP contribution in [0.1, 0.15) is 0 Å². The molecule has 0 saturated carbocycles. The van der Waals surface area contributed by atoms with Gasteiger partial charge < -0.3 is 0 Å². The SMILES string of the molecule is NS(=O)(=O)C1=NC2=CC=NC2=N1. The first-order chi connectivity index (χ1) is 5.57. The second kappa shape index (κ2) is 2.08. The van der Waals surface area contributed by atoms with Crippen LogP contribution in [-0.2, 0) is 10.0 Å². The average Bonchev–Trinajstić information content (AvgIpc) is 2.37. The summed E-state index contributed by atoms with van der Waals surface area (Å²) in [7, 11) is -3.80. The largest absolute Gasteiger partial charge is 0.273 e. The van der Waals surface area contributed by atoms with Crippen molar-refractivity contribution in [3.8, 4) is 0 Å². The maximum atomic E-state index is 10.7. The van der Waals surface area contributed by atoms with Gasteiger partial charge in [-0.2, -0.15) is 4.99 Å². The zero-order chi connectivity index (χ0) is 8.77. The first-order valence-electron chi connectivity index (χ1n) is 3.02. The monoisotopic (exact) mass is 184 g/mol. The van der Waals surface area contributed by atoms with Crippen LogP contribution < -0.4 is 5.14 Å². The van der Waals surface area contributed by atoms with E-state index < -0.39 is 10.0 Å². The molecule has 0 saturated heterocycles. The Morgan fingerprint density at radius 1 is 1.33 bits per heavy atom. The molecule has 0 aromatic heterocycles. The fourth-order valence-corrected chi connectivity index (χ4v) is 1.28. The summed E-state index contributed by atoms with van der Waals surface area (Å²) in [5.74, 6) is 0.305. The molecule has 0 aliphatic carbocycles. The predicted octanol–water partition coefficient (Wildman–Crippen LogP) is -0.989. The number of rotatable bonds is 0. The van der Waals surface area contributed by atoms with Crippen molar-refractivity contribution in [3.05, 3.63) is 11.8 Å². The van der Waals surface area contributed by atoms with Crippen molar-refractivity contribution < 1.29 is 8.42 Å². The van der Waals surface area contributed by atoms with Crippen LogP contribution in [0.3, 0.4) is 0 Å². The number of sulfonamides is 1. The molecule has 2 aliphatic rings. The molecule has 0 amide bonds. The molecule has 0 aromatic rings. The van der Waals surface area contributed by atoms with Gasteiger partial charge >= 0.3 is 0 Å². The molecular formula is C5H4N4O2S. The molecule has 0 radical (unpaired) electrons. The third kappa shape index (κ3) is 0.990. The van der Waals surface area contributed by atoms with E-state index in [9.17, 15) is 8.42 Å². The Morgan fingerprint density at radius 3 is 2.67 bits per heavy atom. The number of primary sulfonamides is 1. The van der Waals surface area contributed by atoms with Gasteiger partial charge in [-0.3, -0.25) is 0 Å². The van der Waals surface area contributed by atoms with Crippen molar-refractivity contribution in [1.82, 2.24) is 0 Å². The standard InChI is InChI=1S/C5H4N4O2S/c6-12(10,11)5-8-3-1-2-7-4(3)9-5/h1-2H,(H2,6,10,11). The number of amidine groups is 2. The molecule has 0 fully saturated rings. The topological polar surface area (TPSA) is 97.2 Å². The minimum atomic E-state index is -3.80. The van der Waals surface area contributed by atoms with Gasteiger partial charge in [0.15, 0.2) is 5.84 Å². The van der Waals surface area contributed by atoms with Crippen molar-refractivity contribution >= 4 is 27.2 Å². The lowest BCUT2D eigenvalue weighted by atomic mass is 10.4. The Kier molecular flexibility index (Phi) is 1.27. The summed E-state index contributed by atoms with van der Waals surface area (Å²) in [6.45, 7) is 0. The number of nitrogens with zero attached hydrogens (tertiary/aromatic N) is 3. The Hall–Kier alpha value is -1.34. The highest BCUT2D eigenvalue weighted by molar-refractivity contribution is 8.04. The van der Waals surface area contributed by atoms with Gasteiger partial charge in [0, 0.05) is 6.21 Å². The number of nitrogens with two attached hydrogens (primary N) is 1. The number of fused-ring (bicyclic) bond motifs is 1. The minimum Gasteiger partial charge on any atom is -0.235 e. The van der Waals surface area contributed by atoms with E-state index in [-0.39, 0.29) is 5.17 Å². The third-order valence-electron chi connectivity index (χ3n) is 1.33. The first kappa shape index (κ1) is 7.32. The molecule has 7 heteroatoms. The third-order valence-corrected chi connectivity index (χ3v) is 2.02. The summed E-state index contributed by atoms with van der Waals surface area (Å²) in [5, 5.41) is 4.42. The molecule has 0 aromatic carbocycles. The fourth-order valence-electron chi connectivity index (χ4n) is 0.838. The Morgan fingerprint density at radius 2 is 2.08 bits per heavy atom. The Bertz CT molecular complexity index is 444. The second-order valence-corrected chi connectivity index (χ2v) is 3.66. The Labute approximate surface area is 68.3 Å². The summed E-state index contributed by atoms with van der Waals surface area (Å²) in [6.07, 6.45) is 3.06. The van der Waals surface area contributed by atoms with Crippen molar-refractivity contribution in [2.45, 2.75) is 0 Å². The van der Waals surface area contributed by atoms with E-state index in [2.05, 4.69) is 15.0 Å². The molecule has 62 valence electrons. The van der Waals surface area contributed by atoms with Crippen LogP contribution in [0.15, 0.2) is 26.8 Å². The first-order valence-corrected chi connectivity index (χ1v) is 4.57. The maximum Gasteiger partial charge on any atom is 0.273 e. The van der Waals surface area contributed by atoms with Crippen molar-refractivity contribution in [3.63, 3.8) is 0 Å². The highest BCUT2D eigenvalue weighted by Gasteiger charge is 2.24. The quantitative estimate of drug-likeness (QED) is 0.523.